The fourth-order valence-electron chi connectivity index (χ4n) is 3.27. The zero-order valence-electron chi connectivity index (χ0n) is 19.8. The van der Waals surface area contributed by atoms with Gasteiger partial charge in [0.25, 0.3) is 10.0 Å². The summed E-state index contributed by atoms with van der Waals surface area (Å²) in [5.74, 6) is -0.567. The van der Waals surface area contributed by atoms with E-state index >= 15 is 0 Å². The lowest BCUT2D eigenvalue weighted by Crippen LogP contribution is -2.42. The summed E-state index contributed by atoms with van der Waals surface area (Å²) in [5, 5.41) is 2.41. The van der Waals surface area contributed by atoms with Gasteiger partial charge in [-0.15, -0.1) is 0 Å². The molecule has 0 atom stereocenters. The smallest absolute Gasteiger partial charge is 0.264 e. The van der Waals surface area contributed by atoms with Crippen LogP contribution in [0.15, 0.2) is 77.7 Å². The number of ether oxygens (including phenoxy) is 1. The first-order valence-electron chi connectivity index (χ1n) is 11.0. The van der Waals surface area contributed by atoms with Crippen LogP contribution in [0.25, 0.3) is 0 Å². The molecule has 1 amide bonds. The van der Waals surface area contributed by atoms with Gasteiger partial charge in [0.2, 0.25) is 5.91 Å². The van der Waals surface area contributed by atoms with Gasteiger partial charge in [0, 0.05) is 0 Å². The third-order valence-electron chi connectivity index (χ3n) is 5.22. The van der Waals surface area contributed by atoms with Gasteiger partial charge >= 0.3 is 0 Å². The molecule has 0 heterocycles. The number of hydrogen-bond acceptors (Lipinski definition) is 4. The number of anilines is 1. The molecule has 6 nitrogen and oxygen atoms in total. The number of carbonyl (C=O) groups is 1. The number of nitrogens with one attached hydrogen (secondary N) is 1. The molecule has 0 aliphatic heterocycles. The number of amides is 1. The predicted molar refractivity (Wildman–Crippen MR) is 136 cm³/mol. The van der Waals surface area contributed by atoms with E-state index in [-0.39, 0.29) is 34.2 Å². The Labute approximate surface area is 210 Å². The lowest BCUT2D eigenvalue weighted by atomic mass is 9.87. The molecule has 0 fully saturated rings. The van der Waals surface area contributed by atoms with Crippen LogP contribution in [-0.4, -0.2) is 34.0 Å². The van der Waals surface area contributed by atoms with Crippen molar-refractivity contribution in [1.29, 1.82) is 0 Å². The van der Waals surface area contributed by atoms with Gasteiger partial charge in [-0.2, -0.15) is 0 Å². The van der Waals surface area contributed by atoms with E-state index in [1.807, 2.05) is 24.3 Å². The molecule has 3 aromatic rings. The van der Waals surface area contributed by atoms with Gasteiger partial charge in [-0.05, 0) is 53.4 Å². The van der Waals surface area contributed by atoms with E-state index in [0.29, 0.717) is 5.75 Å². The standard InChI is InChI=1S/C26H28ClFN2O4S/c1-26(2,3)19-9-12-21(13-10-19)34-16-15-29-25(31)18-30(20-11-14-24(28)23(27)17-20)35(32,33)22-7-5-4-6-8-22/h4-14,17H,15-16,18H2,1-3H3,(H,29,31). The van der Waals surface area contributed by atoms with Crippen molar-refractivity contribution >= 4 is 33.2 Å². The Bertz CT molecular complexity index is 1260. The molecule has 3 rings (SSSR count). The van der Waals surface area contributed by atoms with Gasteiger partial charge in [-0.25, -0.2) is 12.8 Å². The second-order valence-corrected chi connectivity index (χ2v) is 11.2. The lowest BCUT2D eigenvalue weighted by Gasteiger charge is -2.24. The zero-order chi connectivity index (χ0) is 25.6. The molecule has 0 spiro atoms. The maximum absolute atomic E-state index is 13.7. The van der Waals surface area contributed by atoms with Crippen LogP contribution in [0.4, 0.5) is 10.1 Å². The summed E-state index contributed by atoms with van der Waals surface area (Å²) in [6.07, 6.45) is 0. The molecule has 0 aliphatic carbocycles. The molecule has 0 saturated heterocycles. The molecule has 35 heavy (non-hydrogen) atoms. The number of halogens is 2. The molecule has 0 aliphatic rings. The van der Waals surface area contributed by atoms with E-state index in [0.717, 1.165) is 10.4 Å². The SMILES string of the molecule is CC(C)(C)c1ccc(OCCNC(=O)CN(c2ccc(F)c(Cl)c2)S(=O)(=O)c2ccccc2)cc1. The summed E-state index contributed by atoms with van der Waals surface area (Å²) < 4.78 is 46.8. The van der Waals surface area contributed by atoms with Crippen LogP contribution in [0.2, 0.25) is 5.02 Å². The van der Waals surface area contributed by atoms with E-state index in [1.54, 1.807) is 18.2 Å². The Kier molecular flexibility index (Phi) is 8.40. The molecule has 186 valence electrons. The summed E-state index contributed by atoms with van der Waals surface area (Å²) in [6, 6.07) is 18.9. The van der Waals surface area contributed by atoms with Gasteiger partial charge in [0.15, 0.2) is 0 Å². The van der Waals surface area contributed by atoms with Crippen molar-refractivity contribution in [2.75, 3.05) is 24.0 Å². The molecule has 0 aromatic heterocycles. The Morgan fingerprint density at radius 3 is 2.29 bits per heavy atom. The fraction of sp³-hybridized carbons (Fsp3) is 0.269. The first kappa shape index (κ1) is 26.5. The van der Waals surface area contributed by atoms with Crippen molar-refractivity contribution in [3.05, 3.63) is 89.2 Å². The van der Waals surface area contributed by atoms with Crippen molar-refractivity contribution in [1.82, 2.24) is 5.32 Å². The molecule has 9 heteroatoms. The minimum Gasteiger partial charge on any atom is -0.492 e. The number of benzene rings is 3. The average molecular weight is 519 g/mol. The van der Waals surface area contributed by atoms with Crippen LogP contribution in [0.1, 0.15) is 26.3 Å². The maximum atomic E-state index is 13.7. The summed E-state index contributed by atoms with van der Waals surface area (Å²) in [6.45, 7) is 6.23. The van der Waals surface area contributed by atoms with Gasteiger partial charge in [-0.3, -0.25) is 9.10 Å². The van der Waals surface area contributed by atoms with E-state index in [4.69, 9.17) is 16.3 Å². The lowest BCUT2D eigenvalue weighted by molar-refractivity contribution is -0.119. The topological polar surface area (TPSA) is 75.7 Å². The highest BCUT2D eigenvalue weighted by Crippen LogP contribution is 2.28. The Balaban J connectivity index is 1.66. The highest BCUT2D eigenvalue weighted by Gasteiger charge is 2.27. The highest BCUT2D eigenvalue weighted by molar-refractivity contribution is 7.92. The van der Waals surface area contributed by atoms with Crippen molar-refractivity contribution in [3.8, 4) is 5.75 Å². The fourth-order valence-corrected chi connectivity index (χ4v) is 4.88. The van der Waals surface area contributed by atoms with Crippen molar-refractivity contribution < 1.29 is 22.3 Å². The zero-order valence-corrected chi connectivity index (χ0v) is 21.4. The monoisotopic (exact) mass is 518 g/mol. The molecule has 0 unspecified atom stereocenters. The normalized spacial score (nSPS) is 11.7. The van der Waals surface area contributed by atoms with Crippen LogP contribution in [0.5, 0.6) is 5.75 Å². The quantitative estimate of drug-likeness (QED) is 0.397. The van der Waals surface area contributed by atoms with Crippen molar-refractivity contribution in [2.45, 2.75) is 31.1 Å². The molecule has 0 bridgehead atoms. The predicted octanol–water partition coefficient (Wildman–Crippen LogP) is 5.17. The Hall–Kier alpha value is -3.10. The highest BCUT2D eigenvalue weighted by atomic mass is 35.5. The molecule has 3 aromatic carbocycles. The number of carbonyl (C=O) groups excluding carboxylic acids is 1. The third kappa shape index (κ3) is 6.96. The van der Waals surface area contributed by atoms with Gasteiger partial charge < -0.3 is 10.1 Å². The van der Waals surface area contributed by atoms with Gasteiger partial charge in [-0.1, -0.05) is 62.7 Å². The van der Waals surface area contributed by atoms with E-state index < -0.39 is 28.3 Å². The average Bonchev–Trinajstić information content (AvgIpc) is 2.82. The van der Waals surface area contributed by atoms with Crippen LogP contribution >= 0.6 is 11.6 Å². The van der Waals surface area contributed by atoms with Crippen LogP contribution in [0.3, 0.4) is 0 Å². The number of rotatable bonds is 9. The first-order valence-corrected chi connectivity index (χ1v) is 12.8. The Morgan fingerprint density at radius 1 is 1.03 bits per heavy atom. The number of sulfonamides is 1. The van der Waals surface area contributed by atoms with Crippen molar-refractivity contribution in [2.24, 2.45) is 0 Å². The van der Waals surface area contributed by atoms with Crippen LogP contribution in [-0.2, 0) is 20.2 Å². The van der Waals surface area contributed by atoms with E-state index in [1.165, 1.54) is 29.8 Å². The van der Waals surface area contributed by atoms with Crippen LogP contribution in [0, 0.1) is 5.82 Å². The molecule has 0 radical (unpaired) electrons. The minimum absolute atomic E-state index is 0.00437. The summed E-state index contributed by atoms with van der Waals surface area (Å²) in [4.78, 5) is 12.6. The van der Waals surface area contributed by atoms with Gasteiger partial charge in [0.1, 0.15) is 24.7 Å². The third-order valence-corrected chi connectivity index (χ3v) is 7.30. The summed E-state index contributed by atoms with van der Waals surface area (Å²) in [7, 11) is -4.11. The largest absolute Gasteiger partial charge is 0.492 e. The maximum Gasteiger partial charge on any atom is 0.264 e. The van der Waals surface area contributed by atoms with Crippen LogP contribution < -0.4 is 14.4 Å². The number of hydrogen-bond donors (Lipinski definition) is 1. The molecule has 1 N–H and O–H groups in total. The van der Waals surface area contributed by atoms with E-state index in [2.05, 4.69) is 26.1 Å². The molecular formula is C26H28ClFN2O4S. The summed E-state index contributed by atoms with van der Waals surface area (Å²) >= 11 is 5.87. The van der Waals surface area contributed by atoms with Gasteiger partial charge in [0.05, 0.1) is 22.2 Å². The second kappa shape index (κ2) is 11.1. The number of nitrogens with zero attached hydrogens (tertiary/aromatic N) is 1. The van der Waals surface area contributed by atoms with Crippen molar-refractivity contribution in [3.63, 3.8) is 0 Å². The minimum atomic E-state index is -4.11. The molecular weight excluding hydrogens is 491 g/mol. The molecule has 0 saturated carbocycles. The second-order valence-electron chi connectivity index (χ2n) is 8.90. The summed E-state index contributed by atoms with van der Waals surface area (Å²) in [5.41, 5.74) is 1.29. The van der Waals surface area contributed by atoms with E-state index in [9.17, 15) is 17.6 Å². The first-order chi connectivity index (χ1) is 16.5. The Morgan fingerprint density at radius 2 is 1.69 bits per heavy atom.